The number of hydrogen-bond donors (Lipinski definition) is 0. The minimum Gasteiger partial charge on any atom is -0.479 e. The topological polar surface area (TPSA) is 59.3 Å². The van der Waals surface area contributed by atoms with Gasteiger partial charge < -0.3 is 9.47 Å². The van der Waals surface area contributed by atoms with Crippen LogP contribution in [0.3, 0.4) is 0 Å². The zero-order valence-corrected chi connectivity index (χ0v) is 13.2. The van der Waals surface area contributed by atoms with Gasteiger partial charge in [0.15, 0.2) is 12.4 Å². The van der Waals surface area contributed by atoms with Gasteiger partial charge in [-0.15, -0.1) is 0 Å². The summed E-state index contributed by atoms with van der Waals surface area (Å²) in [6.45, 7) is -0.0787. The number of Topliss-reactive ketones (excluding diaryl/α,β-unsaturated/α-hetero) is 1. The van der Waals surface area contributed by atoms with Crippen LogP contribution in [0.25, 0.3) is 6.08 Å². The Morgan fingerprint density at radius 1 is 1.22 bits per heavy atom. The maximum Gasteiger partial charge on any atom is 0.231 e. The molecule has 114 valence electrons. The molecule has 6 heteroatoms. The van der Waals surface area contributed by atoms with Crippen LogP contribution in [0, 0.1) is 11.3 Å². The van der Waals surface area contributed by atoms with Gasteiger partial charge in [0, 0.05) is 21.7 Å². The Hall–Kier alpha value is -2.48. The van der Waals surface area contributed by atoms with Gasteiger partial charge in [-0.25, -0.2) is 0 Å². The van der Waals surface area contributed by atoms with Crippen LogP contribution < -0.4 is 9.47 Å². The molecule has 2 aromatic rings. The van der Waals surface area contributed by atoms with Crippen molar-refractivity contribution in [1.82, 2.24) is 0 Å². The summed E-state index contributed by atoms with van der Waals surface area (Å²) in [7, 11) is 0. The second kappa shape index (κ2) is 6.33. The average Bonchev–Trinajstić information content (AvgIpc) is 2.85. The lowest BCUT2D eigenvalue weighted by Gasteiger charge is -2.04. The smallest absolute Gasteiger partial charge is 0.231 e. The highest BCUT2D eigenvalue weighted by Gasteiger charge is 2.28. The fraction of sp³-hybridized carbons (Fsp3) is 0.0588. The van der Waals surface area contributed by atoms with E-state index in [0.717, 1.165) is 0 Å². The number of carbonyl (C=O) groups excluding carboxylic acids is 1. The maximum absolute atomic E-state index is 12.4. The number of nitriles is 1. The quantitative estimate of drug-likeness (QED) is 0.767. The zero-order valence-electron chi connectivity index (χ0n) is 11.7. The lowest BCUT2D eigenvalue weighted by Crippen LogP contribution is -1.98. The van der Waals surface area contributed by atoms with Gasteiger partial charge in [-0.2, -0.15) is 5.26 Å². The van der Waals surface area contributed by atoms with Crippen LogP contribution in [0.15, 0.2) is 42.2 Å². The van der Waals surface area contributed by atoms with Crippen molar-refractivity contribution >= 4 is 35.1 Å². The molecule has 0 saturated carbocycles. The summed E-state index contributed by atoms with van der Waals surface area (Å²) >= 11 is 12.2. The van der Waals surface area contributed by atoms with E-state index < -0.39 is 0 Å². The number of benzene rings is 2. The van der Waals surface area contributed by atoms with Crippen LogP contribution in [-0.4, -0.2) is 12.4 Å². The lowest BCUT2D eigenvalue weighted by molar-refractivity contribution is 0.101. The molecule has 0 aromatic heterocycles. The lowest BCUT2D eigenvalue weighted by atomic mass is 10.1. The van der Waals surface area contributed by atoms with Crippen molar-refractivity contribution in [1.29, 1.82) is 5.26 Å². The summed E-state index contributed by atoms with van der Waals surface area (Å²) in [6, 6.07) is 11.7. The Bertz CT molecular complexity index is 848. The second-order valence-electron chi connectivity index (χ2n) is 4.68. The number of ether oxygens (including phenoxy) is 2. The van der Waals surface area contributed by atoms with Gasteiger partial charge in [0.05, 0.1) is 5.56 Å². The molecule has 0 N–H and O–H groups in total. The van der Waals surface area contributed by atoms with Crippen LogP contribution >= 0.6 is 23.2 Å². The minimum atomic E-state index is -0.261. The summed E-state index contributed by atoms with van der Waals surface area (Å²) in [5.41, 5.74) is 0.941. The molecule has 0 amide bonds. The van der Waals surface area contributed by atoms with Crippen molar-refractivity contribution in [2.24, 2.45) is 0 Å². The molecule has 23 heavy (non-hydrogen) atoms. The first-order chi connectivity index (χ1) is 11.1. The summed E-state index contributed by atoms with van der Waals surface area (Å²) in [5, 5.41) is 9.38. The fourth-order valence-electron chi connectivity index (χ4n) is 2.15. The van der Waals surface area contributed by atoms with Crippen molar-refractivity contribution in [2.75, 3.05) is 6.61 Å². The van der Waals surface area contributed by atoms with E-state index in [1.807, 2.05) is 6.07 Å². The third-order valence-corrected chi connectivity index (χ3v) is 3.88. The predicted molar refractivity (Wildman–Crippen MR) is 86.9 cm³/mol. The van der Waals surface area contributed by atoms with Crippen molar-refractivity contribution < 1.29 is 14.3 Å². The summed E-state index contributed by atoms with van der Waals surface area (Å²) in [5.74, 6) is 0.699. The van der Waals surface area contributed by atoms with Gasteiger partial charge >= 0.3 is 0 Å². The molecule has 0 spiro atoms. The fourth-order valence-corrected chi connectivity index (χ4v) is 2.66. The Morgan fingerprint density at radius 3 is 2.65 bits per heavy atom. The first kappa shape index (κ1) is 15.4. The van der Waals surface area contributed by atoms with E-state index >= 15 is 0 Å². The van der Waals surface area contributed by atoms with Gasteiger partial charge in [-0.05, 0) is 30.3 Å². The molecule has 2 aromatic carbocycles. The van der Waals surface area contributed by atoms with Crippen LogP contribution in [-0.2, 0) is 0 Å². The van der Waals surface area contributed by atoms with Crippen LogP contribution in [0.1, 0.15) is 15.9 Å². The van der Waals surface area contributed by atoms with Crippen molar-refractivity contribution in [3.05, 3.63) is 63.3 Å². The molecule has 0 atom stereocenters. The Kier molecular flexibility index (Phi) is 4.24. The number of fused-ring (bicyclic) bond motifs is 1. The molecule has 0 fully saturated rings. The van der Waals surface area contributed by atoms with Gasteiger partial charge in [-0.3, -0.25) is 4.79 Å². The van der Waals surface area contributed by atoms with E-state index in [0.29, 0.717) is 32.7 Å². The molecule has 0 unspecified atom stereocenters. The van der Waals surface area contributed by atoms with Gasteiger partial charge in [0.2, 0.25) is 5.78 Å². The monoisotopic (exact) mass is 345 g/mol. The molecule has 1 aliphatic rings. The molecular formula is C17H9Cl2NO3. The third kappa shape index (κ3) is 3.02. The van der Waals surface area contributed by atoms with E-state index in [4.69, 9.17) is 37.9 Å². The summed E-state index contributed by atoms with van der Waals surface area (Å²) in [6.07, 6.45) is 1.52. The first-order valence-corrected chi connectivity index (χ1v) is 7.38. The van der Waals surface area contributed by atoms with Crippen molar-refractivity contribution in [3.63, 3.8) is 0 Å². The molecule has 3 rings (SSSR count). The zero-order chi connectivity index (χ0) is 16.4. The van der Waals surface area contributed by atoms with Crippen LogP contribution in [0.4, 0.5) is 0 Å². The molecule has 0 saturated heterocycles. The first-order valence-electron chi connectivity index (χ1n) is 6.62. The number of rotatable bonds is 3. The number of hydrogen-bond acceptors (Lipinski definition) is 4. The molecule has 0 aliphatic carbocycles. The van der Waals surface area contributed by atoms with Crippen molar-refractivity contribution in [3.8, 4) is 17.6 Å². The second-order valence-corrected chi connectivity index (χ2v) is 5.49. The number of carbonyl (C=O) groups is 1. The van der Waals surface area contributed by atoms with Gasteiger partial charge in [-0.1, -0.05) is 29.3 Å². The molecule has 1 heterocycles. The third-order valence-electron chi connectivity index (χ3n) is 3.22. The summed E-state index contributed by atoms with van der Waals surface area (Å²) < 4.78 is 10.8. The normalized spacial score (nSPS) is 14.3. The summed E-state index contributed by atoms with van der Waals surface area (Å²) in [4.78, 5) is 12.4. The standard InChI is InChI=1S/C17H9Cl2NO3/c18-13-2-1-3-14(19)12(13)9-16-17(21)11-5-4-10(22-7-6-20)8-15(11)23-16/h1-5,8-9H,7H2. The average molecular weight is 346 g/mol. The highest BCUT2D eigenvalue weighted by atomic mass is 35.5. The maximum atomic E-state index is 12.4. The largest absolute Gasteiger partial charge is 0.479 e. The predicted octanol–water partition coefficient (Wildman–Crippen LogP) is 4.51. The van der Waals surface area contributed by atoms with E-state index in [-0.39, 0.29) is 18.1 Å². The van der Waals surface area contributed by atoms with E-state index in [9.17, 15) is 4.79 Å². The minimum absolute atomic E-state index is 0.0787. The Morgan fingerprint density at radius 2 is 1.96 bits per heavy atom. The van der Waals surface area contributed by atoms with Crippen LogP contribution in [0.2, 0.25) is 10.0 Å². The number of allylic oxidation sites excluding steroid dienone is 1. The van der Waals surface area contributed by atoms with Crippen LogP contribution in [0.5, 0.6) is 11.5 Å². The number of nitrogens with zero attached hydrogens (tertiary/aromatic N) is 1. The Labute approximate surface area is 142 Å². The highest BCUT2D eigenvalue weighted by molar-refractivity contribution is 6.37. The van der Waals surface area contributed by atoms with Gasteiger partial charge in [0.1, 0.15) is 17.6 Å². The Balaban J connectivity index is 1.94. The molecular weight excluding hydrogens is 337 g/mol. The van der Waals surface area contributed by atoms with E-state index in [1.165, 1.54) is 6.08 Å². The molecule has 0 radical (unpaired) electrons. The molecule has 1 aliphatic heterocycles. The highest BCUT2D eigenvalue weighted by Crippen LogP contribution is 2.36. The number of halogens is 2. The molecule has 4 nitrogen and oxygen atoms in total. The number of ketones is 1. The molecule has 0 bridgehead atoms. The van der Waals surface area contributed by atoms with Gasteiger partial charge in [0.25, 0.3) is 0 Å². The van der Waals surface area contributed by atoms with E-state index in [2.05, 4.69) is 0 Å². The van der Waals surface area contributed by atoms with E-state index in [1.54, 1.807) is 36.4 Å². The SMILES string of the molecule is N#CCOc1ccc2c(c1)OC(=Cc1c(Cl)cccc1Cl)C2=O. The van der Waals surface area contributed by atoms with Crippen molar-refractivity contribution in [2.45, 2.75) is 0 Å².